The van der Waals surface area contributed by atoms with Gasteiger partial charge in [-0.2, -0.15) is 0 Å². The Labute approximate surface area is 142 Å². The molecule has 0 amide bonds. The fourth-order valence-electron chi connectivity index (χ4n) is 2.19. The van der Waals surface area contributed by atoms with Crippen molar-refractivity contribution in [3.8, 4) is 17.0 Å². The van der Waals surface area contributed by atoms with Gasteiger partial charge in [-0.1, -0.05) is 5.16 Å². The molecule has 3 rings (SSSR count). The van der Waals surface area contributed by atoms with E-state index in [1.807, 2.05) is 24.3 Å². The lowest BCUT2D eigenvalue weighted by atomic mass is 10.1. The molecule has 0 radical (unpaired) electrons. The van der Waals surface area contributed by atoms with Crippen molar-refractivity contribution in [1.29, 1.82) is 0 Å². The first-order valence-electron chi connectivity index (χ1n) is 7.62. The van der Waals surface area contributed by atoms with E-state index in [9.17, 15) is 8.78 Å². The highest BCUT2D eigenvalue weighted by atomic mass is 19.3. The van der Waals surface area contributed by atoms with Crippen LogP contribution in [0.4, 0.5) is 20.5 Å². The van der Waals surface area contributed by atoms with Crippen LogP contribution >= 0.6 is 0 Å². The second kappa shape index (κ2) is 7.69. The molecule has 0 saturated carbocycles. The zero-order valence-corrected chi connectivity index (χ0v) is 13.4. The van der Waals surface area contributed by atoms with Gasteiger partial charge >= 0.3 is 0 Å². The van der Waals surface area contributed by atoms with Crippen LogP contribution in [0.5, 0.6) is 5.75 Å². The number of nitrogens with zero attached hydrogens (tertiary/aromatic N) is 3. The molecule has 130 valence electrons. The molecule has 0 saturated heterocycles. The van der Waals surface area contributed by atoms with Gasteiger partial charge in [-0.15, -0.1) is 0 Å². The molecule has 2 heterocycles. The first-order valence-corrected chi connectivity index (χ1v) is 7.62. The summed E-state index contributed by atoms with van der Waals surface area (Å²) in [5.74, 6) is 1.95. The third-order valence-corrected chi connectivity index (χ3v) is 3.44. The number of benzene rings is 1. The second-order valence-corrected chi connectivity index (χ2v) is 5.22. The smallest absolute Gasteiger partial charge is 0.239 e. The van der Waals surface area contributed by atoms with Gasteiger partial charge in [0, 0.05) is 30.7 Å². The van der Waals surface area contributed by atoms with Crippen molar-refractivity contribution in [2.45, 2.75) is 19.3 Å². The summed E-state index contributed by atoms with van der Waals surface area (Å²) < 4.78 is 34.9. The molecule has 0 aliphatic carbocycles. The minimum Gasteiger partial charge on any atom is -0.497 e. The van der Waals surface area contributed by atoms with E-state index < -0.39 is 6.43 Å². The summed E-state index contributed by atoms with van der Waals surface area (Å²) in [5, 5.41) is 6.95. The van der Waals surface area contributed by atoms with Crippen LogP contribution in [0, 0.1) is 0 Å². The molecule has 1 aromatic carbocycles. The van der Waals surface area contributed by atoms with Crippen LogP contribution in [0.1, 0.15) is 12.2 Å². The Balaban J connectivity index is 1.69. The lowest BCUT2D eigenvalue weighted by Crippen LogP contribution is -2.02. The monoisotopic (exact) mass is 346 g/mol. The SMILES string of the molecule is COc1ccc(-c2cc(Nc3ccnc(CCC(F)F)n3)on2)cc1. The fourth-order valence-corrected chi connectivity index (χ4v) is 2.19. The lowest BCUT2D eigenvalue weighted by Gasteiger charge is -2.03. The summed E-state index contributed by atoms with van der Waals surface area (Å²) in [7, 11) is 1.60. The topological polar surface area (TPSA) is 73.1 Å². The van der Waals surface area contributed by atoms with Crippen LogP contribution < -0.4 is 10.1 Å². The van der Waals surface area contributed by atoms with Gasteiger partial charge in [-0.05, 0) is 30.3 Å². The normalized spacial score (nSPS) is 10.9. The Morgan fingerprint density at radius 2 is 2.00 bits per heavy atom. The fraction of sp³-hybridized carbons (Fsp3) is 0.235. The number of hydrogen-bond acceptors (Lipinski definition) is 6. The molecule has 2 aromatic heterocycles. The van der Waals surface area contributed by atoms with E-state index in [0.717, 1.165) is 11.3 Å². The standard InChI is InChI=1S/C17H16F2N4O2/c1-24-12-4-2-11(3-5-12)13-10-17(25-23-13)22-16-8-9-20-15(21-16)7-6-14(18)19/h2-5,8-10,14H,6-7H2,1H3,(H,20,21,22). The number of methoxy groups -OCH3 is 1. The highest BCUT2D eigenvalue weighted by Crippen LogP contribution is 2.25. The van der Waals surface area contributed by atoms with Crippen molar-refractivity contribution in [2.75, 3.05) is 12.4 Å². The van der Waals surface area contributed by atoms with E-state index in [2.05, 4.69) is 20.4 Å². The summed E-state index contributed by atoms with van der Waals surface area (Å²) in [4.78, 5) is 8.16. The molecule has 0 fully saturated rings. The molecule has 0 unspecified atom stereocenters. The molecule has 0 aliphatic rings. The largest absolute Gasteiger partial charge is 0.497 e. The predicted octanol–water partition coefficient (Wildman–Crippen LogP) is 4.08. The van der Waals surface area contributed by atoms with Gasteiger partial charge < -0.3 is 14.6 Å². The Kier molecular flexibility index (Phi) is 5.17. The van der Waals surface area contributed by atoms with Crippen molar-refractivity contribution in [3.63, 3.8) is 0 Å². The van der Waals surface area contributed by atoms with Gasteiger partial charge in [0.15, 0.2) is 0 Å². The highest BCUT2D eigenvalue weighted by molar-refractivity contribution is 5.64. The van der Waals surface area contributed by atoms with Gasteiger partial charge in [0.1, 0.15) is 23.1 Å². The number of anilines is 2. The maximum atomic E-state index is 12.3. The molecule has 1 N–H and O–H groups in total. The van der Waals surface area contributed by atoms with Crippen LogP contribution in [0.3, 0.4) is 0 Å². The zero-order chi connectivity index (χ0) is 17.6. The number of hydrogen-bond donors (Lipinski definition) is 1. The van der Waals surface area contributed by atoms with Gasteiger partial charge in [0.25, 0.3) is 0 Å². The van der Waals surface area contributed by atoms with E-state index in [-0.39, 0.29) is 12.8 Å². The zero-order valence-electron chi connectivity index (χ0n) is 13.4. The van der Waals surface area contributed by atoms with Crippen molar-refractivity contribution < 1.29 is 18.0 Å². The van der Waals surface area contributed by atoms with Gasteiger partial charge in [-0.25, -0.2) is 18.7 Å². The molecular weight excluding hydrogens is 330 g/mol. The number of halogens is 2. The van der Waals surface area contributed by atoms with Gasteiger partial charge in [0.2, 0.25) is 12.3 Å². The maximum absolute atomic E-state index is 12.3. The van der Waals surface area contributed by atoms with E-state index in [1.54, 1.807) is 19.2 Å². The second-order valence-electron chi connectivity index (χ2n) is 5.22. The average molecular weight is 346 g/mol. The molecule has 6 nitrogen and oxygen atoms in total. The number of ether oxygens (including phenoxy) is 1. The van der Waals surface area contributed by atoms with Crippen LogP contribution in [0.2, 0.25) is 0 Å². The molecule has 0 spiro atoms. The van der Waals surface area contributed by atoms with Gasteiger partial charge in [-0.3, -0.25) is 0 Å². The Morgan fingerprint density at radius 1 is 1.20 bits per heavy atom. The Morgan fingerprint density at radius 3 is 2.72 bits per heavy atom. The van der Waals surface area contributed by atoms with Crippen molar-refractivity contribution >= 4 is 11.7 Å². The molecular formula is C17H16F2N4O2. The van der Waals surface area contributed by atoms with Crippen molar-refractivity contribution in [1.82, 2.24) is 15.1 Å². The average Bonchev–Trinajstić information content (AvgIpc) is 3.09. The maximum Gasteiger partial charge on any atom is 0.239 e. The van der Waals surface area contributed by atoms with Crippen molar-refractivity contribution in [2.24, 2.45) is 0 Å². The highest BCUT2D eigenvalue weighted by Gasteiger charge is 2.09. The summed E-state index contributed by atoms with van der Waals surface area (Å²) in [6, 6.07) is 10.7. The van der Waals surface area contributed by atoms with E-state index in [0.29, 0.717) is 23.2 Å². The first kappa shape index (κ1) is 16.8. The van der Waals surface area contributed by atoms with Crippen LogP contribution in [-0.4, -0.2) is 28.7 Å². The number of rotatable bonds is 7. The van der Waals surface area contributed by atoms with Crippen LogP contribution in [-0.2, 0) is 6.42 Å². The summed E-state index contributed by atoms with van der Waals surface area (Å²) >= 11 is 0. The number of alkyl halides is 2. The van der Waals surface area contributed by atoms with E-state index >= 15 is 0 Å². The quantitative estimate of drug-likeness (QED) is 0.695. The molecule has 0 aliphatic heterocycles. The summed E-state index contributed by atoms with van der Waals surface area (Å²) in [5.41, 5.74) is 1.52. The molecule has 0 bridgehead atoms. The molecule has 8 heteroatoms. The Bertz CT molecular complexity index is 822. The third kappa shape index (κ3) is 4.50. The molecule has 0 atom stereocenters. The molecule has 3 aromatic rings. The van der Waals surface area contributed by atoms with Crippen LogP contribution in [0.25, 0.3) is 11.3 Å². The minimum atomic E-state index is -2.37. The van der Waals surface area contributed by atoms with E-state index in [1.165, 1.54) is 6.20 Å². The molecule has 25 heavy (non-hydrogen) atoms. The minimum absolute atomic E-state index is 0.112. The number of aromatic nitrogens is 3. The summed E-state index contributed by atoms with van der Waals surface area (Å²) in [6.07, 6.45) is -1.02. The predicted molar refractivity (Wildman–Crippen MR) is 88.1 cm³/mol. The van der Waals surface area contributed by atoms with Gasteiger partial charge in [0.05, 0.1) is 7.11 Å². The number of nitrogens with one attached hydrogen (secondary N) is 1. The Hall–Kier alpha value is -3.03. The van der Waals surface area contributed by atoms with Crippen molar-refractivity contribution in [3.05, 3.63) is 48.4 Å². The number of aryl methyl sites for hydroxylation is 1. The summed E-state index contributed by atoms with van der Waals surface area (Å²) in [6.45, 7) is 0. The van der Waals surface area contributed by atoms with Crippen LogP contribution in [0.15, 0.2) is 47.1 Å². The third-order valence-electron chi connectivity index (χ3n) is 3.44. The lowest BCUT2D eigenvalue weighted by molar-refractivity contribution is 0.137. The first-order chi connectivity index (χ1) is 12.1. The van der Waals surface area contributed by atoms with E-state index in [4.69, 9.17) is 9.26 Å².